The second-order valence-corrected chi connectivity index (χ2v) is 4.11. The molecule has 96 valence electrons. The van der Waals surface area contributed by atoms with Crippen LogP contribution in [0.15, 0.2) is 30.6 Å². The molecule has 0 unspecified atom stereocenters. The molecule has 0 aliphatic rings. The summed E-state index contributed by atoms with van der Waals surface area (Å²) in [6.07, 6.45) is 1.52. The lowest BCUT2D eigenvalue weighted by Crippen LogP contribution is -2.06. The Morgan fingerprint density at radius 3 is 2.79 bits per heavy atom. The summed E-state index contributed by atoms with van der Waals surface area (Å²) in [7, 11) is 1.83. The van der Waals surface area contributed by atoms with E-state index in [1.54, 1.807) is 6.07 Å². The molecule has 0 atom stereocenters. The van der Waals surface area contributed by atoms with E-state index >= 15 is 0 Å². The predicted molar refractivity (Wildman–Crippen MR) is 74.8 cm³/mol. The van der Waals surface area contributed by atoms with Crippen LogP contribution in [0.3, 0.4) is 0 Å². The summed E-state index contributed by atoms with van der Waals surface area (Å²) in [5, 5.41) is 15.1. The quantitative estimate of drug-likeness (QED) is 0.874. The Balaban J connectivity index is 2.12. The van der Waals surface area contributed by atoms with Gasteiger partial charge in [-0.05, 0) is 24.6 Å². The second kappa shape index (κ2) is 5.83. The molecule has 0 saturated heterocycles. The van der Waals surface area contributed by atoms with Crippen molar-refractivity contribution in [1.82, 2.24) is 9.97 Å². The lowest BCUT2D eigenvalue weighted by Gasteiger charge is -2.11. The molecule has 0 amide bonds. The van der Waals surface area contributed by atoms with E-state index in [0.717, 1.165) is 22.8 Å². The summed E-state index contributed by atoms with van der Waals surface area (Å²) in [6, 6.07) is 9.64. The number of nitrogens with one attached hydrogen (secondary N) is 2. The summed E-state index contributed by atoms with van der Waals surface area (Å²) in [6.45, 7) is 2.58. The molecule has 5 nitrogen and oxygen atoms in total. The number of aromatic nitrogens is 2. The van der Waals surface area contributed by atoms with Crippen molar-refractivity contribution in [2.24, 2.45) is 0 Å². The highest BCUT2D eigenvalue weighted by molar-refractivity contribution is 5.56. The monoisotopic (exact) mass is 253 g/mol. The van der Waals surface area contributed by atoms with Gasteiger partial charge in [-0.25, -0.2) is 9.97 Å². The minimum Gasteiger partial charge on any atom is -0.373 e. The molecule has 1 aromatic heterocycles. The standard InChI is InChI=1S/C14H15N5/c1-10-13(16-2)18-9-19-14(10)17-8-12-5-3-4-11(6-12)7-15/h3-6,9H,8H2,1-2H3,(H2,16,17,18,19). The van der Waals surface area contributed by atoms with Gasteiger partial charge >= 0.3 is 0 Å². The molecular formula is C14H15N5. The second-order valence-electron chi connectivity index (χ2n) is 4.11. The molecule has 2 N–H and O–H groups in total. The van der Waals surface area contributed by atoms with Gasteiger partial charge in [-0.3, -0.25) is 0 Å². The molecule has 0 aliphatic heterocycles. The third kappa shape index (κ3) is 2.99. The smallest absolute Gasteiger partial charge is 0.134 e. The predicted octanol–water partition coefficient (Wildman–Crippen LogP) is 2.31. The average Bonchev–Trinajstić information content (AvgIpc) is 2.46. The lowest BCUT2D eigenvalue weighted by atomic mass is 10.1. The lowest BCUT2D eigenvalue weighted by molar-refractivity contribution is 1.06. The molecule has 0 radical (unpaired) electrons. The normalized spacial score (nSPS) is 9.74. The Bertz CT molecular complexity index is 615. The van der Waals surface area contributed by atoms with Crippen LogP contribution in [0, 0.1) is 18.3 Å². The maximum atomic E-state index is 8.86. The van der Waals surface area contributed by atoms with Crippen molar-refractivity contribution in [3.63, 3.8) is 0 Å². The van der Waals surface area contributed by atoms with Crippen molar-refractivity contribution in [2.45, 2.75) is 13.5 Å². The highest BCUT2D eigenvalue weighted by Crippen LogP contribution is 2.18. The zero-order valence-corrected chi connectivity index (χ0v) is 10.9. The number of nitriles is 1. The Hall–Kier alpha value is -2.61. The zero-order valence-electron chi connectivity index (χ0n) is 10.9. The first-order valence-corrected chi connectivity index (χ1v) is 5.97. The first kappa shape index (κ1) is 12.8. The van der Waals surface area contributed by atoms with Crippen molar-refractivity contribution < 1.29 is 0 Å². The van der Waals surface area contributed by atoms with Gasteiger partial charge in [-0.1, -0.05) is 12.1 Å². The summed E-state index contributed by atoms with van der Waals surface area (Å²) >= 11 is 0. The molecule has 19 heavy (non-hydrogen) atoms. The zero-order chi connectivity index (χ0) is 13.7. The summed E-state index contributed by atoms with van der Waals surface area (Å²) in [5.41, 5.74) is 2.68. The minimum atomic E-state index is 0.622. The molecule has 0 saturated carbocycles. The van der Waals surface area contributed by atoms with Crippen LogP contribution in [0.25, 0.3) is 0 Å². The van der Waals surface area contributed by atoms with Crippen molar-refractivity contribution in [3.05, 3.63) is 47.3 Å². The fourth-order valence-corrected chi connectivity index (χ4v) is 1.82. The first-order chi connectivity index (χ1) is 9.24. The fraction of sp³-hybridized carbons (Fsp3) is 0.214. The van der Waals surface area contributed by atoms with Crippen molar-refractivity contribution in [2.75, 3.05) is 17.7 Å². The van der Waals surface area contributed by atoms with E-state index in [2.05, 4.69) is 26.7 Å². The number of nitrogens with zero attached hydrogens (tertiary/aromatic N) is 3. The number of hydrogen-bond donors (Lipinski definition) is 2. The highest BCUT2D eigenvalue weighted by Gasteiger charge is 2.05. The van der Waals surface area contributed by atoms with Gasteiger partial charge in [-0.15, -0.1) is 0 Å². The molecule has 0 spiro atoms. The molecule has 1 aromatic carbocycles. The Morgan fingerprint density at radius 1 is 1.26 bits per heavy atom. The first-order valence-electron chi connectivity index (χ1n) is 5.97. The molecule has 0 aliphatic carbocycles. The van der Waals surface area contributed by atoms with Crippen molar-refractivity contribution in [3.8, 4) is 6.07 Å². The third-order valence-corrected chi connectivity index (χ3v) is 2.84. The van der Waals surface area contributed by atoms with E-state index in [-0.39, 0.29) is 0 Å². The van der Waals surface area contributed by atoms with Crippen LogP contribution >= 0.6 is 0 Å². The van der Waals surface area contributed by atoms with Gasteiger partial charge in [0.15, 0.2) is 0 Å². The molecule has 5 heteroatoms. The minimum absolute atomic E-state index is 0.622. The number of rotatable bonds is 4. The molecule has 0 fully saturated rings. The average molecular weight is 253 g/mol. The maximum absolute atomic E-state index is 8.86. The van der Waals surface area contributed by atoms with Gasteiger partial charge in [0.05, 0.1) is 11.6 Å². The maximum Gasteiger partial charge on any atom is 0.134 e. The number of benzene rings is 1. The molecular weight excluding hydrogens is 238 g/mol. The van der Waals surface area contributed by atoms with Crippen LogP contribution in [0.5, 0.6) is 0 Å². The van der Waals surface area contributed by atoms with Crippen LogP contribution in [0.2, 0.25) is 0 Å². The van der Waals surface area contributed by atoms with Gasteiger partial charge in [-0.2, -0.15) is 5.26 Å². The molecule has 0 bridgehead atoms. The van der Waals surface area contributed by atoms with Crippen LogP contribution < -0.4 is 10.6 Å². The Labute approximate surface area is 112 Å². The van der Waals surface area contributed by atoms with E-state index in [1.807, 2.05) is 32.2 Å². The van der Waals surface area contributed by atoms with E-state index in [1.165, 1.54) is 6.33 Å². The molecule has 1 heterocycles. The summed E-state index contributed by atoms with van der Waals surface area (Å²) in [5.74, 6) is 1.60. The van der Waals surface area contributed by atoms with Crippen molar-refractivity contribution >= 4 is 11.6 Å². The third-order valence-electron chi connectivity index (χ3n) is 2.84. The molecule has 2 aromatic rings. The Kier molecular flexibility index (Phi) is 3.94. The van der Waals surface area contributed by atoms with Gasteiger partial charge in [0, 0.05) is 19.2 Å². The SMILES string of the molecule is CNc1ncnc(NCc2cccc(C#N)c2)c1C. The van der Waals surface area contributed by atoms with Crippen LogP contribution in [-0.4, -0.2) is 17.0 Å². The number of hydrogen-bond acceptors (Lipinski definition) is 5. The highest BCUT2D eigenvalue weighted by atomic mass is 15.1. The van der Waals surface area contributed by atoms with Gasteiger partial charge in [0.25, 0.3) is 0 Å². The van der Waals surface area contributed by atoms with Crippen molar-refractivity contribution in [1.29, 1.82) is 5.26 Å². The summed E-state index contributed by atoms with van der Waals surface area (Å²) in [4.78, 5) is 8.35. The van der Waals surface area contributed by atoms with Crippen LogP contribution in [0.1, 0.15) is 16.7 Å². The van der Waals surface area contributed by atoms with Gasteiger partial charge in [0.2, 0.25) is 0 Å². The largest absolute Gasteiger partial charge is 0.373 e. The Morgan fingerprint density at radius 2 is 2.05 bits per heavy atom. The van der Waals surface area contributed by atoms with E-state index in [9.17, 15) is 0 Å². The summed E-state index contributed by atoms with van der Waals surface area (Å²) < 4.78 is 0. The van der Waals surface area contributed by atoms with Crippen LogP contribution in [0.4, 0.5) is 11.6 Å². The van der Waals surface area contributed by atoms with E-state index in [4.69, 9.17) is 5.26 Å². The van der Waals surface area contributed by atoms with Crippen LogP contribution in [-0.2, 0) is 6.54 Å². The van der Waals surface area contributed by atoms with Gasteiger partial charge in [0.1, 0.15) is 18.0 Å². The van der Waals surface area contributed by atoms with E-state index < -0.39 is 0 Å². The van der Waals surface area contributed by atoms with E-state index in [0.29, 0.717) is 12.1 Å². The fourth-order valence-electron chi connectivity index (χ4n) is 1.82. The number of anilines is 2. The molecule has 2 rings (SSSR count). The topological polar surface area (TPSA) is 73.6 Å². The van der Waals surface area contributed by atoms with Gasteiger partial charge < -0.3 is 10.6 Å².